The summed E-state index contributed by atoms with van der Waals surface area (Å²) in [5, 5.41) is 8.05. The van der Waals surface area contributed by atoms with Crippen LogP contribution in [0.15, 0.2) is 21.5 Å². The molecule has 8 heteroatoms. The summed E-state index contributed by atoms with van der Waals surface area (Å²) >= 11 is 4.42. The van der Waals surface area contributed by atoms with Crippen LogP contribution in [-0.4, -0.2) is 32.6 Å². The van der Waals surface area contributed by atoms with Crippen molar-refractivity contribution in [1.82, 2.24) is 19.5 Å². The van der Waals surface area contributed by atoms with Crippen molar-refractivity contribution in [3.8, 4) is 0 Å². The third-order valence-electron chi connectivity index (χ3n) is 2.69. The number of thioether (sulfide) groups is 2. The predicted octanol–water partition coefficient (Wildman–Crippen LogP) is 2.73. The first-order valence-corrected chi connectivity index (χ1v) is 9.30. The van der Waals surface area contributed by atoms with Crippen molar-refractivity contribution in [2.75, 3.05) is 12.5 Å². The second-order valence-corrected chi connectivity index (χ2v) is 6.55. The zero-order chi connectivity index (χ0) is 14.5. The molecular weight excluding hydrogens is 312 g/mol. The molecule has 0 fully saturated rings. The molecule has 2 rings (SSSR count). The van der Waals surface area contributed by atoms with Gasteiger partial charge in [0.15, 0.2) is 0 Å². The minimum atomic E-state index is -0.0847. The van der Waals surface area contributed by atoms with Crippen molar-refractivity contribution >= 4 is 41.0 Å². The number of hydrogen-bond donors (Lipinski definition) is 1. The Morgan fingerprint density at radius 3 is 2.85 bits per heavy atom. The van der Waals surface area contributed by atoms with Gasteiger partial charge >= 0.3 is 0 Å². The molecule has 0 saturated carbocycles. The third-order valence-corrected chi connectivity index (χ3v) is 5.43. The number of hydrogen-bond acceptors (Lipinski definition) is 6. The first kappa shape index (κ1) is 15.4. The van der Waals surface area contributed by atoms with E-state index in [0.29, 0.717) is 12.1 Å². The predicted molar refractivity (Wildman–Crippen MR) is 84.7 cm³/mol. The van der Waals surface area contributed by atoms with Crippen LogP contribution >= 0.6 is 35.1 Å². The van der Waals surface area contributed by atoms with Crippen molar-refractivity contribution in [3.63, 3.8) is 0 Å². The number of carbonyl (C=O) groups is 1. The zero-order valence-corrected chi connectivity index (χ0v) is 14.0. The van der Waals surface area contributed by atoms with E-state index in [2.05, 4.69) is 14.8 Å². The normalized spacial score (nSPS) is 10.8. The van der Waals surface area contributed by atoms with Gasteiger partial charge in [0.05, 0.1) is 22.0 Å². The molecule has 2 aromatic rings. The van der Waals surface area contributed by atoms with Crippen LogP contribution < -0.4 is 5.32 Å². The van der Waals surface area contributed by atoms with Crippen LogP contribution in [0.3, 0.4) is 0 Å². The Hall–Kier alpha value is -0.990. The van der Waals surface area contributed by atoms with E-state index >= 15 is 0 Å². The smallest absolute Gasteiger partial charge is 0.256 e. The van der Waals surface area contributed by atoms with E-state index in [-0.39, 0.29) is 5.91 Å². The molecule has 1 amide bonds. The molecule has 0 bridgehead atoms. The molecule has 0 spiro atoms. The molecule has 0 aliphatic rings. The van der Waals surface area contributed by atoms with Crippen molar-refractivity contribution < 1.29 is 4.79 Å². The van der Waals surface area contributed by atoms with Crippen LogP contribution in [0.1, 0.15) is 23.0 Å². The summed E-state index contributed by atoms with van der Waals surface area (Å²) in [6, 6.07) is 1.92. The van der Waals surface area contributed by atoms with Crippen molar-refractivity contribution in [3.05, 3.63) is 23.5 Å². The van der Waals surface area contributed by atoms with Gasteiger partial charge in [-0.2, -0.15) is 9.47 Å². The Morgan fingerprint density at radius 2 is 2.25 bits per heavy atom. The van der Waals surface area contributed by atoms with E-state index in [1.165, 1.54) is 23.3 Å². The standard InChI is InChI=1S/C12H16N4OS3/c1-4-16-6-5-8(14-16)7-13-10(17)9-11(18-2)15-20-12(9)19-3/h5-6H,4,7H2,1-3H3,(H,13,17). The monoisotopic (exact) mass is 328 g/mol. The molecule has 1 N–H and O–H groups in total. The molecule has 108 valence electrons. The minimum Gasteiger partial charge on any atom is -0.346 e. The lowest BCUT2D eigenvalue weighted by Gasteiger charge is -2.04. The summed E-state index contributed by atoms with van der Waals surface area (Å²) < 4.78 is 7.09. The Balaban J connectivity index is 2.06. The molecule has 20 heavy (non-hydrogen) atoms. The Bertz CT molecular complexity index is 572. The lowest BCUT2D eigenvalue weighted by molar-refractivity contribution is 0.0945. The van der Waals surface area contributed by atoms with E-state index in [9.17, 15) is 4.79 Å². The second-order valence-electron chi connectivity index (χ2n) is 3.90. The first-order valence-electron chi connectivity index (χ1n) is 6.07. The fraction of sp³-hybridized carbons (Fsp3) is 0.417. The van der Waals surface area contributed by atoms with Crippen molar-refractivity contribution in [2.45, 2.75) is 29.2 Å². The van der Waals surface area contributed by atoms with Crippen LogP contribution in [0.25, 0.3) is 0 Å². The van der Waals surface area contributed by atoms with Crippen LogP contribution in [0.4, 0.5) is 0 Å². The quantitative estimate of drug-likeness (QED) is 0.826. The van der Waals surface area contributed by atoms with Gasteiger partial charge in [-0.05, 0) is 37.0 Å². The highest BCUT2D eigenvalue weighted by Gasteiger charge is 2.19. The van der Waals surface area contributed by atoms with E-state index < -0.39 is 0 Å². The molecular formula is C12H16N4OS3. The number of nitrogens with one attached hydrogen (secondary N) is 1. The molecule has 0 unspecified atom stereocenters. The molecule has 0 atom stereocenters. The van der Waals surface area contributed by atoms with Crippen LogP contribution in [-0.2, 0) is 13.1 Å². The van der Waals surface area contributed by atoms with Crippen molar-refractivity contribution in [2.24, 2.45) is 0 Å². The summed E-state index contributed by atoms with van der Waals surface area (Å²) in [4.78, 5) is 12.3. The second kappa shape index (κ2) is 7.14. The molecule has 5 nitrogen and oxygen atoms in total. The number of carbonyl (C=O) groups excluding carboxylic acids is 1. The van der Waals surface area contributed by atoms with Crippen LogP contribution in [0, 0.1) is 0 Å². The zero-order valence-electron chi connectivity index (χ0n) is 11.5. The van der Waals surface area contributed by atoms with Gasteiger partial charge in [0.1, 0.15) is 5.03 Å². The lowest BCUT2D eigenvalue weighted by Crippen LogP contribution is -2.23. The van der Waals surface area contributed by atoms with Gasteiger partial charge in [-0.25, -0.2) is 0 Å². The number of aryl methyl sites for hydroxylation is 1. The van der Waals surface area contributed by atoms with E-state index in [1.807, 2.05) is 36.4 Å². The first-order chi connectivity index (χ1) is 9.69. The third kappa shape index (κ3) is 3.36. The molecule has 0 aliphatic heterocycles. The molecule has 0 radical (unpaired) electrons. The van der Waals surface area contributed by atoms with Gasteiger partial charge < -0.3 is 5.32 Å². The van der Waals surface area contributed by atoms with Gasteiger partial charge in [-0.15, -0.1) is 23.5 Å². The summed E-state index contributed by atoms with van der Waals surface area (Å²) in [6.45, 7) is 3.29. The number of nitrogens with zero attached hydrogens (tertiary/aromatic N) is 3. The average Bonchev–Trinajstić information content (AvgIpc) is 3.10. The molecule has 0 saturated heterocycles. The molecule has 2 aromatic heterocycles. The highest BCUT2D eigenvalue weighted by molar-refractivity contribution is 8.01. The van der Waals surface area contributed by atoms with Crippen LogP contribution in [0.2, 0.25) is 0 Å². The van der Waals surface area contributed by atoms with Crippen molar-refractivity contribution in [1.29, 1.82) is 0 Å². The maximum atomic E-state index is 12.3. The largest absolute Gasteiger partial charge is 0.346 e. The lowest BCUT2D eigenvalue weighted by atomic mass is 10.3. The fourth-order valence-corrected chi connectivity index (χ4v) is 3.94. The van der Waals surface area contributed by atoms with E-state index in [4.69, 9.17) is 0 Å². The number of aromatic nitrogens is 3. The van der Waals surface area contributed by atoms with Gasteiger partial charge in [-0.3, -0.25) is 9.48 Å². The summed E-state index contributed by atoms with van der Waals surface area (Å²) in [5.74, 6) is -0.0847. The topological polar surface area (TPSA) is 59.8 Å². The fourth-order valence-electron chi connectivity index (χ4n) is 1.66. The Labute approximate surface area is 130 Å². The van der Waals surface area contributed by atoms with Gasteiger partial charge in [0.2, 0.25) is 0 Å². The van der Waals surface area contributed by atoms with Gasteiger partial charge in [-0.1, -0.05) is 0 Å². The SMILES string of the molecule is CCn1ccc(CNC(=O)c2c(SC)nsc2SC)n1. The van der Waals surface area contributed by atoms with Gasteiger partial charge in [0.25, 0.3) is 5.91 Å². The van der Waals surface area contributed by atoms with Gasteiger partial charge in [0, 0.05) is 12.7 Å². The Morgan fingerprint density at radius 1 is 1.45 bits per heavy atom. The highest BCUT2D eigenvalue weighted by Crippen LogP contribution is 2.32. The molecule has 2 heterocycles. The van der Waals surface area contributed by atoms with E-state index in [0.717, 1.165) is 21.5 Å². The van der Waals surface area contributed by atoms with Crippen LogP contribution in [0.5, 0.6) is 0 Å². The molecule has 0 aromatic carbocycles. The Kier molecular flexibility index (Phi) is 5.50. The number of amides is 1. The minimum absolute atomic E-state index is 0.0847. The maximum Gasteiger partial charge on any atom is 0.256 e. The number of rotatable bonds is 6. The average molecular weight is 328 g/mol. The van der Waals surface area contributed by atoms with E-state index in [1.54, 1.807) is 11.8 Å². The summed E-state index contributed by atoms with van der Waals surface area (Å²) in [5.41, 5.74) is 1.55. The maximum absolute atomic E-state index is 12.3. The highest BCUT2D eigenvalue weighted by atomic mass is 32.2. The summed E-state index contributed by atoms with van der Waals surface area (Å²) in [7, 11) is 0. The molecule has 0 aliphatic carbocycles. The summed E-state index contributed by atoms with van der Waals surface area (Å²) in [6.07, 6.45) is 5.80.